The van der Waals surface area contributed by atoms with E-state index >= 15 is 0 Å². The van der Waals surface area contributed by atoms with Gasteiger partial charge in [0.15, 0.2) is 0 Å². The van der Waals surface area contributed by atoms with Crippen LogP contribution in [0.3, 0.4) is 0 Å². The maximum absolute atomic E-state index is 0. The number of rotatable bonds is 0. The van der Waals surface area contributed by atoms with Crippen LogP contribution in [0.5, 0.6) is 0 Å². The van der Waals surface area contributed by atoms with Crippen LogP contribution >= 0.6 is 0 Å². The van der Waals surface area contributed by atoms with E-state index in [0.29, 0.717) is 0 Å². The van der Waals surface area contributed by atoms with Crippen LogP contribution in [-0.2, 0) is 18.6 Å². The quantitative estimate of drug-likeness (QED) is 0.328. The SMILES string of the molecule is [Cl-].[Cl-].[Cl-].[V+2]. The van der Waals surface area contributed by atoms with Gasteiger partial charge in [-0.2, -0.15) is 0 Å². The van der Waals surface area contributed by atoms with Gasteiger partial charge in [0.2, 0.25) is 0 Å². The topological polar surface area (TPSA) is 0 Å². The van der Waals surface area contributed by atoms with Crippen molar-refractivity contribution in [3.8, 4) is 0 Å². The molecule has 4 heavy (non-hydrogen) atoms. The van der Waals surface area contributed by atoms with Crippen LogP contribution in [0.25, 0.3) is 0 Å². The van der Waals surface area contributed by atoms with Crippen LogP contribution in [0.4, 0.5) is 0 Å². The molecule has 0 saturated heterocycles. The Hall–Kier alpha value is 1.45. The van der Waals surface area contributed by atoms with Gasteiger partial charge in [0, 0.05) is 0 Å². The van der Waals surface area contributed by atoms with Gasteiger partial charge >= 0.3 is 18.6 Å². The third-order valence-corrected chi connectivity index (χ3v) is 0. The van der Waals surface area contributed by atoms with Crippen molar-refractivity contribution in [2.45, 2.75) is 0 Å². The van der Waals surface area contributed by atoms with Crippen LogP contribution in [0.15, 0.2) is 0 Å². The standard InChI is InChI=1S/3ClH.V/h3*1H;/q;;;+2/p-3. The molecule has 0 nitrogen and oxygen atoms in total. The summed E-state index contributed by atoms with van der Waals surface area (Å²) in [6.07, 6.45) is 0. The minimum atomic E-state index is 0. The van der Waals surface area contributed by atoms with Gasteiger partial charge in [-0.05, 0) is 0 Å². The van der Waals surface area contributed by atoms with Crippen molar-refractivity contribution in [3.05, 3.63) is 0 Å². The van der Waals surface area contributed by atoms with E-state index in [0.717, 1.165) is 0 Å². The molecule has 1 radical (unpaired) electrons. The molecule has 0 heterocycles. The summed E-state index contributed by atoms with van der Waals surface area (Å²) in [5.41, 5.74) is 0. The maximum Gasteiger partial charge on any atom is 2.00 e. The molecule has 0 rings (SSSR count). The van der Waals surface area contributed by atoms with Crippen molar-refractivity contribution in [2.24, 2.45) is 0 Å². The Labute approximate surface area is 55.8 Å². The summed E-state index contributed by atoms with van der Waals surface area (Å²) in [6.45, 7) is 0. The van der Waals surface area contributed by atoms with Crippen molar-refractivity contribution < 1.29 is 55.8 Å². The fraction of sp³-hybridized carbons (Fsp3) is 0. The summed E-state index contributed by atoms with van der Waals surface area (Å²) < 4.78 is 0. The summed E-state index contributed by atoms with van der Waals surface area (Å²) in [5, 5.41) is 0. The van der Waals surface area contributed by atoms with Gasteiger partial charge in [-0.3, -0.25) is 0 Å². The molecule has 0 N–H and O–H groups in total. The number of hydrogen-bond acceptors (Lipinski definition) is 0. The van der Waals surface area contributed by atoms with E-state index in [1.165, 1.54) is 0 Å². The van der Waals surface area contributed by atoms with E-state index in [1.807, 2.05) is 0 Å². The van der Waals surface area contributed by atoms with Crippen molar-refractivity contribution >= 4 is 0 Å². The Morgan fingerprint density at radius 3 is 0.500 bits per heavy atom. The van der Waals surface area contributed by atoms with Gasteiger partial charge in [0.05, 0.1) is 0 Å². The molecule has 0 spiro atoms. The molecule has 0 aromatic carbocycles. The van der Waals surface area contributed by atoms with Crippen LogP contribution in [0.2, 0.25) is 0 Å². The number of halogens is 3. The third kappa shape index (κ3) is 9.84. The molecule has 0 amide bonds. The molecule has 0 unspecified atom stereocenters. The van der Waals surface area contributed by atoms with E-state index in [9.17, 15) is 0 Å². The molecule has 27 valence electrons. The van der Waals surface area contributed by atoms with Gasteiger partial charge < -0.3 is 37.2 Å². The molecule has 0 aliphatic rings. The fourth-order valence-corrected chi connectivity index (χ4v) is 0. The predicted octanol–water partition coefficient (Wildman–Crippen LogP) is -8.99. The van der Waals surface area contributed by atoms with Crippen molar-refractivity contribution in [1.82, 2.24) is 0 Å². The first-order chi connectivity index (χ1) is 0. The molecule has 0 saturated carbocycles. The summed E-state index contributed by atoms with van der Waals surface area (Å²) in [6, 6.07) is 0. The van der Waals surface area contributed by atoms with E-state index in [2.05, 4.69) is 0 Å². The second-order valence-electron chi connectivity index (χ2n) is 0. The predicted molar refractivity (Wildman–Crippen MR) is 0 cm³/mol. The van der Waals surface area contributed by atoms with Crippen LogP contribution < -0.4 is 37.2 Å². The molecular formula is Cl3V-. The minimum Gasteiger partial charge on any atom is -1.00 e. The van der Waals surface area contributed by atoms with E-state index in [4.69, 9.17) is 0 Å². The average molecular weight is 157 g/mol. The normalized spacial score (nSPS) is 0. The zero-order valence-electron chi connectivity index (χ0n) is 1.58. The minimum absolute atomic E-state index is 0. The molecule has 0 bridgehead atoms. The Balaban J connectivity index is 0. The first kappa shape index (κ1) is 51.2. The summed E-state index contributed by atoms with van der Waals surface area (Å²) in [7, 11) is 0. The average Bonchev–Trinajstić information content (AvgIpc) is 0. The summed E-state index contributed by atoms with van der Waals surface area (Å²) in [5.74, 6) is 0. The van der Waals surface area contributed by atoms with Crippen molar-refractivity contribution in [2.75, 3.05) is 0 Å². The van der Waals surface area contributed by atoms with E-state index in [1.54, 1.807) is 0 Å². The van der Waals surface area contributed by atoms with Crippen LogP contribution in [0.1, 0.15) is 0 Å². The molecular weight excluding hydrogens is 157 g/mol. The van der Waals surface area contributed by atoms with Gasteiger partial charge in [-0.25, -0.2) is 0 Å². The van der Waals surface area contributed by atoms with Gasteiger partial charge in [0.25, 0.3) is 0 Å². The van der Waals surface area contributed by atoms with Gasteiger partial charge in [-0.1, -0.05) is 0 Å². The fourth-order valence-electron chi connectivity index (χ4n) is 0. The molecule has 4 heteroatoms. The second-order valence-corrected chi connectivity index (χ2v) is 0. The van der Waals surface area contributed by atoms with Crippen molar-refractivity contribution in [3.63, 3.8) is 0 Å². The maximum atomic E-state index is 0. The van der Waals surface area contributed by atoms with Crippen LogP contribution in [0, 0.1) is 0 Å². The molecule has 0 aliphatic carbocycles. The Morgan fingerprint density at radius 2 is 0.500 bits per heavy atom. The molecule has 0 fully saturated rings. The van der Waals surface area contributed by atoms with Gasteiger partial charge in [-0.15, -0.1) is 0 Å². The number of hydrogen-bond donors (Lipinski definition) is 0. The second kappa shape index (κ2) is 25.1. The zero-order valence-corrected chi connectivity index (χ0v) is 5.25. The summed E-state index contributed by atoms with van der Waals surface area (Å²) in [4.78, 5) is 0. The van der Waals surface area contributed by atoms with Crippen LogP contribution in [-0.4, -0.2) is 0 Å². The molecule has 0 aliphatic heterocycles. The first-order valence-corrected chi connectivity index (χ1v) is 0. The van der Waals surface area contributed by atoms with Crippen molar-refractivity contribution in [1.29, 1.82) is 0 Å². The Bertz CT molecular complexity index is 3.25. The molecule has 0 atom stereocenters. The summed E-state index contributed by atoms with van der Waals surface area (Å²) >= 11 is 0. The largest absolute Gasteiger partial charge is 2.00 e. The third-order valence-electron chi connectivity index (χ3n) is 0. The van der Waals surface area contributed by atoms with E-state index < -0.39 is 0 Å². The molecule has 0 aromatic heterocycles. The monoisotopic (exact) mass is 156 g/mol. The van der Waals surface area contributed by atoms with Gasteiger partial charge in [0.1, 0.15) is 0 Å². The Kier molecular flexibility index (Phi) is 321. The first-order valence-electron chi connectivity index (χ1n) is 0. The van der Waals surface area contributed by atoms with E-state index in [-0.39, 0.29) is 55.8 Å². The zero-order chi connectivity index (χ0) is 0. The molecule has 0 aromatic rings. The smallest absolute Gasteiger partial charge is 1.00 e. The Morgan fingerprint density at radius 1 is 0.500 bits per heavy atom.